The van der Waals surface area contributed by atoms with Crippen molar-refractivity contribution in [1.82, 2.24) is 15.5 Å². The fourth-order valence-corrected chi connectivity index (χ4v) is 2.43. The van der Waals surface area contributed by atoms with Gasteiger partial charge in [0.25, 0.3) is 0 Å². The van der Waals surface area contributed by atoms with Gasteiger partial charge in [0.1, 0.15) is 0 Å². The molecule has 1 aromatic heterocycles. The van der Waals surface area contributed by atoms with Crippen LogP contribution in [0.4, 0.5) is 0 Å². The summed E-state index contributed by atoms with van der Waals surface area (Å²) in [5.41, 5.74) is 1.10. The molecule has 1 aliphatic heterocycles. The fraction of sp³-hybridized carbons (Fsp3) is 0.429. The Kier molecular flexibility index (Phi) is 3.53. The number of rotatable bonds is 4. The molecule has 0 saturated carbocycles. The molecule has 4 nitrogen and oxygen atoms in total. The van der Waals surface area contributed by atoms with Crippen molar-refractivity contribution < 1.29 is 4.52 Å². The van der Waals surface area contributed by atoms with Gasteiger partial charge in [-0.25, -0.2) is 0 Å². The van der Waals surface area contributed by atoms with Crippen LogP contribution in [0.5, 0.6) is 0 Å². The molecule has 0 spiro atoms. The Labute approximate surface area is 117 Å². The van der Waals surface area contributed by atoms with Crippen molar-refractivity contribution in [2.24, 2.45) is 5.92 Å². The number of aromatic nitrogens is 2. The smallest absolute Gasteiger partial charge is 0.229 e. The van der Waals surface area contributed by atoms with Crippen LogP contribution >= 0.6 is 11.6 Å². The second-order valence-electron chi connectivity index (χ2n) is 5.06. The van der Waals surface area contributed by atoms with Crippen LogP contribution in [-0.4, -0.2) is 23.2 Å². The number of halogens is 1. The summed E-state index contributed by atoms with van der Waals surface area (Å²) in [6.45, 7) is 4.21. The molecule has 3 rings (SSSR count). The Morgan fingerprint density at radius 2 is 2.32 bits per heavy atom. The summed E-state index contributed by atoms with van der Waals surface area (Å²) in [6.07, 6.45) is 0.652. The predicted octanol–water partition coefficient (Wildman–Crippen LogP) is 2.64. The standard InChI is InChI=1S/C14H16ClN3O/c1-9(11-7-16-8-11)14-17-13(18-19-14)6-10-3-2-4-12(15)5-10/h2-5,9,11,16H,6-8H2,1H3. The van der Waals surface area contributed by atoms with E-state index in [-0.39, 0.29) is 0 Å². The molecule has 5 heteroatoms. The van der Waals surface area contributed by atoms with Crippen molar-refractivity contribution in [2.45, 2.75) is 19.3 Å². The minimum atomic E-state index is 0.321. The second kappa shape index (κ2) is 5.31. The number of nitrogens with one attached hydrogen (secondary N) is 1. The van der Waals surface area contributed by atoms with Crippen LogP contribution in [-0.2, 0) is 6.42 Å². The summed E-state index contributed by atoms with van der Waals surface area (Å²) in [7, 11) is 0. The lowest BCUT2D eigenvalue weighted by Gasteiger charge is -2.30. The summed E-state index contributed by atoms with van der Waals surface area (Å²) in [5, 5.41) is 8.05. The maximum atomic E-state index is 5.96. The largest absolute Gasteiger partial charge is 0.339 e. The molecule has 1 saturated heterocycles. The number of hydrogen-bond acceptors (Lipinski definition) is 4. The normalized spacial score (nSPS) is 17.2. The van der Waals surface area contributed by atoms with Gasteiger partial charge in [0.05, 0.1) is 0 Å². The highest BCUT2D eigenvalue weighted by molar-refractivity contribution is 6.30. The van der Waals surface area contributed by atoms with Crippen molar-refractivity contribution >= 4 is 11.6 Å². The highest BCUT2D eigenvalue weighted by Gasteiger charge is 2.28. The summed E-state index contributed by atoms with van der Waals surface area (Å²) in [6, 6.07) is 7.73. The maximum absolute atomic E-state index is 5.96. The van der Waals surface area contributed by atoms with Crippen LogP contribution in [0.1, 0.15) is 30.1 Å². The highest BCUT2D eigenvalue weighted by atomic mass is 35.5. The first-order valence-electron chi connectivity index (χ1n) is 6.50. The van der Waals surface area contributed by atoms with E-state index in [1.54, 1.807) is 0 Å². The summed E-state index contributed by atoms with van der Waals surface area (Å²) >= 11 is 5.96. The Hall–Kier alpha value is -1.39. The number of nitrogens with zero attached hydrogens (tertiary/aromatic N) is 2. The van der Waals surface area contributed by atoms with Crippen LogP contribution < -0.4 is 5.32 Å². The van der Waals surface area contributed by atoms with Crippen molar-refractivity contribution in [3.63, 3.8) is 0 Å². The maximum Gasteiger partial charge on any atom is 0.229 e. The molecule has 0 radical (unpaired) electrons. The quantitative estimate of drug-likeness (QED) is 0.933. The minimum Gasteiger partial charge on any atom is -0.339 e. The molecule has 100 valence electrons. The molecule has 0 bridgehead atoms. The monoisotopic (exact) mass is 277 g/mol. The summed E-state index contributed by atoms with van der Waals surface area (Å²) in [4.78, 5) is 4.49. The average molecular weight is 278 g/mol. The average Bonchev–Trinajstić information content (AvgIpc) is 2.75. The van der Waals surface area contributed by atoms with Crippen molar-refractivity contribution in [3.05, 3.63) is 46.6 Å². The van der Waals surface area contributed by atoms with Gasteiger partial charge < -0.3 is 9.84 Å². The topological polar surface area (TPSA) is 51.0 Å². The van der Waals surface area contributed by atoms with Gasteiger partial charge in [-0.05, 0) is 36.7 Å². The number of hydrogen-bond donors (Lipinski definition) is 1. The van der Waals surface area contributed by atoms with Gasteiger partial charge in [-0.2, -0.15) is 4.98 Å². The lowest BCUT2D eigenvalue weighted by Crippen LogP contribution is -2.44. The lowest BCUT2D eigenvalue weighted by atomic mass is 9.89. The first-order chi connectivity index (χ1) is 9.22. The molecule has 1 atom stereocenters. The van der Waals surface area contributed by atoms with Gasteiger partial charge in [0.15, 0.2) is 5.82 Å². The van der Waals surface area contributed by atoms with E-state index in [0.29, 0.717) is 18.3 Å². The molecular weight excluding hydrogens is 262 g/mol. The van der Waals surface area contributed by atoms with Crippen molar-refractivity contribution in [3.8, 4) is 0 Å². The van der Waals surface area contributed by atoms with Gasteiger partial charge in [0, 0.05) is 17.4 Å². The van der Waals surface area contributed by atoms with Gasteiger partial charge in [-0.15, -0.1) is 0 Å². The van der Waals surface area contributed by atoms with E-state index < -0.39 is 0 Å². The highest BCUT2D eigenvalue weighted by Crippen LogP contribution is 2.25. The summed E-state index contributed by atoms with van der Waals surface area (Å²) in [5.74, 6) is 2.39. The fourth-order valence-electron chi connectivity index (χ4n) is 2.22. The van der Waals surface area contributed by atoms with Crippen LogP contribution in [0.3, 0.4) is 0 Å². The van der Waals surface area contributed by atoms with Crippen LogP contribution in [0, 0.1) is 5.92 Å². The van der Waals surface area contributed by atoms with E-state index in [1.807, 2.05) is 24.3 Å². The van der Waals surface area contributed by atoms with Gasteiger partial charge >= 0.3 is 0 Å². The number of benzene rings is 1. The third-order valence-corrected chi connectivity index (χ3v) is 3.88. The lowest BCUT2D eigenvalue weighted by molar-refractivity contribution is 0.252. The minimum absolute atomic E-state index is 0.321. The Balaban J connectivity index is 1.70. The predicted molar refractivity (Wildman–Crippen MR) is 73.3 cm³/mol. The molecule has 1 aromatic carbocycles. The Bertz CT molecular complexity index is 565. The molecule has 2 heterocycles. The Morgan fingerprint density at radius 3 is 3.00 bits per heavy atom. The van der Waals surface area contributed by atoms with Crippen LogP contribution in [0.2, 0.25) is 5.02 Å². The summed E-state index contributed by atoms with van der Waals surface area (Å²) < 4.78 is 5.36. The van der Waals surface area contributed by atoms with Crippen LogP contribution in [0.15, 0.2) is 28.8 Å². The van der Waals surface area contributed by atoms with Crippen molar-refractivity contribution in [1.29, 1.82) is 0 Å². The molecular formula is C14H16ClN3O. The zero-order chi connectivity index (χ0) is 13.2. The molecule has 1 N–H and O–H groups in total. The van der Waals surface area contributed by atoms with Crippen LogP contribution in [0.25, 0.3) is 0 Å². The van der Waals surface area contributed by atoms with E-state index >= 15 is 0 Å². The third-order valence-electron chi connectivity index (χ3n) is 3.64. The molecule has 2 aromatic rings. The molecule has 0 aliphatic carbocycles. The molecule has 1 unspecified atom stereocenters. The Morgan fingerprint density at radius 1 is 1.47 bits per heavy atom. The first-order valence-corrected chi connectivity index (χ1v) is 6.88. The second-order valence-corrected chi connectivity index (χ2v) is 5.50. The van der Waals surface area contributed by atoms with E-state index in [4.69, 9.17) is 16.1 Å². The first kappa shape index (κ1) is 12.6. The van der Waals surface area contributed by atoms with Gasteiger partial charge in [-0.3, -0.25) is 0 Å². The van der Waals surface area contributed by atoms with E-state index in [0.717, 1.165) is 35.4 Å². The van der Waals surface area contributed by atoms with E-state index in [1.165, 1.54) is 0 Å². The zero-order valence-corrected chi connectivity index (χ0v) is 11.5. The SMILES string of the molecule is CC(c1nc(Cc2cccc(Cl)c2)no1)C1CNC1. The van der Waals surface area contributed by atoms with Gasteiger partial charge in [-0.1, -0.05) is 35.8 Å². The molecule has 0 amide bonds. The molecule has 19 heavy (non-hydrogen) atoms. The third kappa shape index (κ3) is 2.80. The van der Waals surface area contributed by atoms with Crippen molar-refractivity contribution in [2.75, 3.05) is 13.1 Å². The van der Waals surface area contributed by atoms with E-state index in [2.05, 4.69) is 22.4 Å². The van der Waals surface area contributed by atoms with E-state index in [9.17, 15) is 0 Å². The zero-order valence-electron chi connectivity index (χ0n) is 10.8. The van der Waals surface area contributed by atoms with Gasteiger partial charge in [0.2, 0.25) is 5.89 Å². The molecule has 1 fully saturated rings. The molecule has 1 aliphatic rings.